The van der Waals surface area contributed by atoms with Crippen LogP contribution in [-0.2, 0) is 22.6 Å². The summed E-state index contributed by atoms with van der Waals surface area (Å²) in [7, 11) is 0. The molecule has 192 valence electrons. The SMILES string of the molecule is CCC(C)(C)NC(=O)[C@H](c1ccncc1)N(CCc1cccc(C)c1)C(=O)Cn1nnc2ccccc21. The summed E-state index contributed by atoms with van der Waals surface area (Å²) in [5.41, 5.74) is 4.03. The van der Waals surface area contributed by atoms with E-state index in [0.29, 0.717) is 18.5 Å². The standard InChI is InChI=1S/C29H34N6O2/c1-5-29(3,4)31-28(37)27(23-13-16-30-17-14-23)34(18-15-22-10-8-9-21(2)19-22)26(36)20-35-25-12-7-6-11-24(25)32-33-35/h6-14,16-17,19,27H,5,15,18,20H2,1-4H3,(H,31,37)/t27-/m0/s1. The molecule has 2 aromatic heterocycles. The van der Waals surface area contributed by atoms with Gasteiger partial charge in [-0.1, -0.05) is 54.1 Å². The number of para-hydroxylation sites is 1. The molecule has 0 aliphatic rings. The Kier molecular flexibility index (Phi) is 7.96. The Morgan fingerprint density at radius 3 is 2.54 bits per heavy atom. The smallest absolute Gasteiger partial charge is 0.247 e. The molecule has 8 nitrogen and oxygen atoms in total. The van der Waals surface area contributed by atoms with Crippen molar-refractivity contribution >= 4 is 22.8 Å². The van der Waals surface area contributed by atoms with Crippen LogP contribution >= 0.6 is 0 Å². The molecule has 1 atom stereocenters. The molecular weight excluding hydrogens is 464 g/mol. The van der Waals surface area contributed by atoms with Crippen molar-refractivity contribution in [3.8, 4) is 0 Å². The molecule has 4 rings (SSSR count). The molecule has 0 spiro atoms. The number of aromatic nitrogens is 4. The van der Waals surface area contributed by atoms with Crippen LogP contribution in [0.3, 0.4) is 0 Å². The summed E-state index contributed by atoms with van der Waals surface area (Å²) in [6.07, 6.45) is 4.66. The number of rotatable bonds is 10. The van der Waals surface area contributed by atoms with Crippen molar-refractivity contribution < 1.29 is 9.59 Å². The lowest BCUT2D eigenvalue weighted by Crippen LogP contribution is -2.51. The molecule has 4 aromatic rings. The van der Waals surface area contributed by atoms with E-state index in [1.807, 2.05) is 70.2 Å². The lowest BCUT2D eigenvalue weighted by atomic mass is 9.98. The van der Waals surface area contributed by atoms with Crippen LogP contribution < -0.4 is 5.32 Å². The molecule has 0 fully saturated rings. The monoisotopic (exact) mass is 498 g/mol. The Hall–Kier alpha value is -4.07. The largest absolute Gasteiger partial charge is 0.349 e. The molecular formula is C29H34N6O2. The maximum atomic E-state index is 13.9. The van der Waals surface area contributed by atoms with Crippen molar-refractivity contribution in [2.75, 3.05) is 6.54 Å². The number of pyridine rings is 1. The first-order valence-electron chi connectivity index (χ1n) is 12.6. The lowest BCUT2D eigenvalue weighted by Gasteiger charge is -2.34. The molecule has 0 unspecified atom stereocenters. The van der Waals surface area contributed by atoms with Crippen molar-refractivity contribution in [3.63, 3.8) is 0 Å². The molecule has 2 heterocycles. The average Bonchev–Trinajstić information content (AvgIpc) is 3.29. The highest BCUT2D eigenvalue weighted by molar-refractivity contribution is 5.89. The average molecular weight is 499 g/mol. The zero-order valence-corrected chi connectivity index (χ0v) is 21.9. The molecule has 8 heteroatoms. The van der Waals surface area contributed by atoms with E-state index in [4.69, 9.17) is 0 Å². The van der Waals surface area contributed by atoms with Crippen molar-refractivity contribution in [2.24, 2.45) is 0 Å². The number of amides is 2. The van der Waals surface area contributed by atoms with E-state index >= 15 is 0 Å². The molecule has 37 heavy (non-hydrogen) atoms. The molecule has 0 saturated heterocycles. The third-order valence-electron chi connectivity index (χ3n) is 6.68. The number of carbonyl (C=O) groups is 2. The minimum atomic E-state index is -0.819. The predicted octanol–water partition coefficient (Wildman–Crippen LogP) is 4.25. The number of nitrogens with zero attached hydrogens (tertiary/aromatic N) is 5. The van der Waals surface area contributed by atoms with E-state index in [1.165, 1.54) is 0 Å². The van der Waals surface area contributed by atoms with Gasteiger partial charge in [-0.3, -0.25) is 14.6 Å². The van der Waals surface area contributed by atoms with E-state index in [1.54, 1.807) is 34.1 Å². The van der Waals surface area contributed by atoms with Crippen molar-refractivity contribution in [2.45, 2.75) is 58.7 Å². The fourth-order valence-corrected chi connectivity index (χ4v) is 4.28. The second-order valence-corrected chi connectivity index (χ2v) is 9.97. The van der Waals surface area contributed by atoms with E-state index in [0.717, 1.165) is 28.6 Å². The topological polar surface area (TPSA) is 93.0 Å². The normalized spacial score (nSPS) is 12.3. The van der Waals surface area contributed by atoms with Crippen molar-refractivity contribution in [1.29, 1.82) is 0 Å². The molecule has 0 radical (unpaired) electrons. The van der Waals surface area contributed by atoms with Crippen LogP contribution in [0.5, 0.6) is 0 Å². The van der Waals surface area contributed by atoms with Crippen LogP contribution in [0.15, 0.2) is 73.1 Å². The maximum absolute atomic E-state index is 13.9. The Bertz CT molecular complexity index is 1370. The highest BCUT2D eigenvalue weighted by atomic mass is 16.2. The van der Waals surface area contributed by atoms with Gasteiger partial charge in [0.2, 0.25) is 11.8 Å². The van der Waals surface area contributed by atoms with E-state index in [-0.39, 0.29) is 18.4 Å². The maximum Gasteiger partial charge on any atom is 0.247 e. The van der Waals surface area contributed by atoms with Gasteiger partial charge in [0.15, 0.2) is 0 Å². The molecule has 0 saturated carbocycles. The summed E-state index contributed by atoms with van der Waals surface area (Å²) in [4.78, 5) is 33.5. The molecule has 2 aromatic carbocycles. The van der Waals surface area contributed by atoms with Crippen LogP contribution in [0.25, 0.3) is 11.0 Å². The van der Waals surface area contributed by atoms with Gasteiger partial charge in [-0.2, -0.15) is 0 Å². The number of fused-ring (bicyclic) bond motifs is 1. The van der Waals surface area contributed by atoms with Crippen LogP contribution in [0, 0.1) is 6.92 Å². The molecule has 0 aliphatic carbocycles. The Balaban J connectivity index is 1.70. The summed E-state index contributed by atoms with van der Waals surface area (Å²) in [5.74, 6) is -0.436. The molecule has 1 N–H and O–H groups in total. The number of hydrogen-bond donors (Lipinski definition) is 1. The predicted molar refractivity (Wildman–Crippen MR) is 144 cm³/mol. The van der Waals surface area contributed by atoms with Gasteiger partial charge in [-0.25, -0.2) is 4.68 Å². The Morgan fingerprint density at radius 1 is 1.05 bits per heavy atom. The van der Waals surface area contributed by atoms with Gasteiger partial charge < -0.3 is 10.2 Å². The number of benzene rings is 2. The van der Waals surface area contributed by atoms with Gasteiger partial charge in [0.05, 0.1) is 5.52 Å². The summed E-state index contributed by atoms with van der Waals surface area (Å²) in [6.45, 7) is 8.37. The van der Waals surface area contributed by atoms with Gasteiger partial charge >= 0.3 is 0 Å². The van der Waals surface area contributed by atoms with E-state index in [2.05, 4.69) is 26.7 Å². The second-order valence-electron chi connectivity index (χ2n) is 9.97. The first kappa shape index (κ1) is 26.0. The number of nitrogens with one attached hydrogen (secondary N) is 1. The summed E-state index contributed by atoms with van der Waals surface area (Å²) in [6, 6.07) is 18.5. The zero-order valence-electron chi connectivity index (χ0n) is 21.9. The fourth-order valence-electron chi connectivity index (χ4n) is 4.28. The van der Waals surface area contributed by atoms with Crippen LogP contribution in [0.2, 0.25) is 0 Å². The fraction of sp³-hybridized carbons (Fsp3) is 0.345. The van der Waals surface area contributed by atoms with Crippen LogP contribution in [0.1, 0.15) is 49.9 Å². The number of hydrogen-bond acceptors (Lipinski definition) is 5. The summed E-state index contributed by atoms with van der Waals surface area (Å²) in [5, 5.41) is 11.5. The Morgan fingerprint density at radius 2 is 1.81 bits per heavy atom. The van der Waals surface area contributed by atoms with Gasteiger partial charge in [0, 0.05) is 24.5 Å². The van der Waals surface area contributed by atoms with Crippen molar-refractivity contribution in [1.82, 2.24) is 30.2 Å². The van der Waals surface area contributed by atoms with E-state index in [9.17, 15) is 9.59 Å². The number of aryl methyl sites for hydroxylation is 1. The third-order valence-corrected chi connectivity index (χ3v) is 6.68. The van der Waals surface area contributed by atoms with Crippen molar-refractivity contribution in [3.05, 3.63) is 89.7 Å². The quantitative estimate of drug-likeness (QED) is 0.353. The third kappa shape index (κ3) is 6.39. The van der Waals surface area contributed by atoms with Crippen LogP contribution in [0.4, 0.5) is 0 Å². The lowest BCUT2D eigenvalue weighted by molar-refractivity contribution is -0.142. The van der Waals surface area contributed by atoms with Gasteiger partial charge in [0.25, 0.3) is 0 Å². The van der Waals surface area contributed by atoms with Gasteiger partial charge in [0.1, 0.15) is 18.1 Å². The molecule has 0 bridgehead atoms. The number of carbonyl (C=O) groups excluding carboxylic acids is 2. The van der Waals surface area contributed by atoms with Crippen LogP contribution in [-0.4, -0.2) is 48.8 Å². The first-order valence-corrected chi connectivity index (χ1v) is 12.6. The molecule has 0 aliphatic heterocycles. The second kappa shape index (κ2) is 11.3. The summed E-state index contributed by atoms with van der Waals surface area (Å²) >= 11 is 0. The Labute approximate surface area is 217 Å². The zero-order chi connectivity index (χ0) is 26.4. The highest BCUT2D eigenvalue weighted by Crippen LogP contribution is 2.24. The highest BCUT2D eigenvalue weighted by Gasteiger charge is 2.34. The molecule has 2 amide bonds. The van der Waals surface area contributed by atoms with Gasteiger partial charge in [-0.05, 0) is 69.0 Å². The van der Waals surface area contributed by atoms with E-state index < -0.39 is 11.6 Å². The van der Waals surface area contributed by atoms with Gasteiger partial charge in [-0.15, -0.1) is 5.10 Å². The minimum Gasteiger partial charge on any atom is -0.349 e. The minimum absolute atomic E-state index is 0.0274. The first-order chi connectivity index (χ1) is 17.8. The summed E-state index contributed by atoms with van der Waals surface area (Å²) < 4.78 is 1.59.